The molecule has 0 saturated carbocycles. The second-order valence-electron chi connectivity index (χ2n) is 5.75. The van der Waals surface area contributed by atoms with Gasteiger partial charge in [-0.15, -0.1) is 0 Å². The van der Waals surface area contributed by atoms with E-state index in [1.807, 2.05) is 0 Å². The van der Waals surface area contributed by atoms with Crippen molar-refractivity contribution in [1.82, 2.24) is 15.5 Å². The molecule has 0 aliphatic rings. The molecule has 0 aliphatic heterocycles. The van der Waals surface area contributed by atoms with E-state index in [1.165, 1.54) is 43.6 Å². The zero-order chi connectivity index (χ0) is 20.5. The van der Waals surface area contributed by atoms with Gasteiger partial charge in [0.15, 0.2) is 5.76 Å². The Morgan fingerprint density at radius 2 is 1.82 bits per heavy atom. The topological polar surface area (TPSA) is 121 Å². The molecule has 0 aliphatic carbocycles. The maximum absolute atomic E-state index is 13.1. The number of anilines is 1. The standard InChI is InChI=1S/C18H19FN4O5/c1-23(11-16(25)22-13-5-2-4-12(19)8-13)17(26)10-20-15(24)9-21-18(27)14-6-3-7-28-14/h2-8H,9-11H2,1H3,(H,20,24)(H,21,27)(H,22,25). The van der Waals surface area contributed by atoms with E-state index in [2.05, 4.69) is 16.0 Å². The van der Waals surface area contributed by atoms with Gasteiger partial charge in [0, 0.05) is 12.7 Å². The normalized spacial score (nSPS) is 10.1. The Morgan fingerprint density at radius 3 is 2.50 bits per heavy atom. The third-order valence-corrected chi connectivity index (χ3v) is 3.51. The molecule has 0 saturated heterocycles. The number of benzene rings is 1. The van der Waals surface area contributed by atoms with Gasteiger partial charge in [0.05, 0.1) is 25.9 Å². The van der Waals surface area contributed by atoms with Crippen molar-refractivity contribution in [2.45, 2.75) is 0 Å². The van der Waals surface area contributed by atoms with Gasteiger partial charge in [-0.05, 0) is 30.3 Å². The first-order valence-electron chi connectivity index (χ1n) is 8.23. The molecule has 2 aromatic rings. The minimum atomic E-state index is -0.578. The van der Waals surface area contributed by atoms with Crippen LogP contribution >= 0.6 is 0 Å². The third-order valence-electron chi connectivity index (χ3n) is 3.51. The zero-order valence-corrected chi connectivity index (χ0v) is 15.0. The van der Waals surface area contributed by atoms with Crippen LogP contribution < -0.4 is 16.0 Å². The summed E-state index contributed by atoms with van der Waals surface area (Å²) < 4.78 is 18.0. The fourth-order valence-corrected chi connectivity index (χ4v) is 2.10. The van der Waals surface area contributed by atoms with Crippen molar-refractivity contribution in [3.8, 4) is 0 Å². The molecule has 9 nitrogen and oxygen atoms in total. The van der Waals surface area contributed by atoms with E-state index in [9.17, 15) is 23.6 Å². The van der Waals surface area contributed by atoms with Gasteiger partial charge in [-0.1, -0.05) is 6.07 Å². The zero-order valence-electron chi connectivity index (χ0n) is 15.0. The fourth-order valence-electron chi connectivity index (χ4n) is 2.10. The van der Waals surface area contributed by atoms with Crippen molar-refractivity contribution in [1.29, 1.82) is 0 Å². The highest BCUT2D eigenvalue weighted by Gasteiger charge is 2.15. The Labute approximate surface area is 159 Å². The Hall–Kier alpha value is -3.69. The first kappa shape index (κ1) is 20.6. The van der Waals surface area contributed by atoms with E-state index < -0.39 is 29.4 Å². The lowest BCUT2D eigenvalue weighted by Gasteiger charge is -2.17. The molecule has 148 valence electrons. The molecule has 10 heteroatoms. The molecule has 0 radical (unpaired) electrons. The van der Waals surface area contributed by atoms with E-state index >= 15 is 0 Å². The maximum atomic E-state index is 13.1. The van der Waals surface area contributed by atoms with Crippen LogP contribution in [0.5, 0.6) is 0 Å². The quantitative estimate of drug-likeness (QED) is 0.601. The van der Waals surface area contributed by atoms with E-state index in [0.717, 1.165) is 11.0 Å². The summed E-state index contributed by atoms with van der Waals surface area (Å²) in [5, 5.41) is 7.14. The molecule has 28 heavy (non-hydrogen) atoms. The van der Waals surface area contributed by atoms with Crippen LogP contribution in [-0.4, -0.2) is 55.2 Å². The minimum Gasteiger partial charge on any atom is -0.459 e. The Bertz CT molecular complexity index is 853. The number of hydrogen-bond acceptors (Lipinski definition) is 5. The average Bonchev–Trinajstić information content (AvgIpc) is 3.18. The smallest absolute Gasteiger partial charge is 0.287 e. The highest BCUT2D eigenvalue weighted by Crippen LogP contribution is 2.08. The number of amides is 4. The lowest BCUT2D eigenvalue weighted by molar-refractivity contribution is -0.134. The van der Waals surface area contributed by atoms with Crippen molar-refractivity contribution >= 4 is 29.3 Å². The van der Waals surface area contributed by atoms with Crippen LogP contribution in [-0.2, 0) is 14.4 Å². The molecule has 0 fully saturated rings. The lowest BCUT2D eigenvalue weighted by atomic mass is 10.3. The first-order chi connectivity index (χ1) is 13.3. The van der Waals surface area contributed by atoms with Crippen LogP contribution in [0.4, 0.5) is 10.1 Å². The number of halogens is 1. The number of nitrogens with one attached hydrogen (secondary N) is 3. The number of hydrogen-bond donors (Lipinski definition) is 3. The van der Waals surface area contributed by atoms with Gasteiger partial charge in [0.2, 0.25) is 17.7 Å². The van der Waals surface area contributed by atoms with Crippen LogP contribution in [0.3, 0.4) is 0 Å². The average molecular weight is 390 g/mol. The second-order valence-corrected chi connectivity index (χ2v) is 5.75. The number of carbonyl (C=O) groups excluding carboxylic acids is 4. The molecule has 0 spiro atoms. The summed E-state index contributed by atoms with van der Waals surface area (Å²) in [4.78, 5) is 48.3. The van der Waals surface area contributed by atoms with Crippen LogP contribution in [0.2, 0.25) is 0 Å². The SMILES string of the molecule is CN(CC(=O)Nc1cccc(F)c1)C(=O)CNC(=O)CNC(=O)c1ccco1. The van der Waals surface area contributed by atoms with Crippen molar-refractivity contribution in [2.24, 2.45) is 0 Å². The number of nitrogens with zero attached hydrogens (tertiary/aromatic N) is 1. The lowest BCUT2D eigenvalue weighted by Crippen LogP contribution is -2.44. The summed E-state index contributed by atoms with van der Waals surface area (Å²) >= 11 is 0. The van der Waals surface area contributed by atoms with Crippen LogP contribution in [0, 0.1) is 5.82 Å². The Morgan fingerprint density at radius 1 is 1.04 bits per heavy atom. The Kier molecular flexibility index (Phi) is 7.26. The molecule has 4 amide bonds. The van der Waals surface area contributed by atoms with E-state index in [4.69, 9.17) is 4.42 Å². The van der Waals surface area contributed by atoms with E-state index in [-0.39, 0.29) is 31.1 Å². The molecule has 0 atom stereocenters. The first-order valence-corrected chi connectivity index (χ1v) is 8.23. The molecule has 1 heterocycles. The molecule has 0 bridgehead atoms. The summed E-state index contributed by atoms with van der Waals surface area (Å²) in [6, 6.07) is 8.33. The molecule has 3 N–H and O–H groups in total. The monoisotopic (exact) mass is 390 g/mol. The molecule has 1 aromatic carbocycles. The largest absolute Gasteiger partial charge is 0.459 e. The van der Waals surface area contributed by atoms with Crippen molar-refractivity contribution < 1.29 is 28.0 Å². The molecule has 1 aromatic heterocycles. The molecule has 0 unspecified atom stereocenters. The highest BCUT2D eigenvalue weighted by molar-refractivity contribution is 5.96. The van der Waals surface area contributed by atoms with Crippen molar-refractivity contribution in [3.63, 3.8) is 0 Å². The van der Waals surface area contributed by atoms with Gasteiger partial charge < -0.3 is 25.3 Å². The third kappa shape index (κ3) is 6.56. The van der Waals surface area contributed by atoms with Gasteiger partial charge in [0.1, 0.15) is 5.82 Å². The van der Waals surface area contributed by atoms with Crippen molar-refractivity contribution in [3.05, 3.63) is 54.2 Å². The van der Waals surface area contributed by atoms with Gasteiger partial charge >= 0.3 is 0 Å². The summed E-state index contributed by atoms with van der Waals surface area (Å²) in [5.41, 5.74) is 0.270. The van der Waals surface area contributed by atoms with Gasteiger partial charge in [-0.3, -0.25) is 19.2 Å². The number of likely N-dealkylation sites (N-methyl/N-ethyl adjacent to an activating group) is 1. The maximum Gasteiger partial charge on any atom is 0.287 e. The van der Waals surface area contributed by atoms with E-state index in [1.54, 1.807) is 0 Å². The summed E-state index contributed by atoms with van der Waals surface area (Å²) in [7, 11) is 1.39. The van der Waals surface area contributed by atoms with Crippen LogP contribution in [0.15, 0.2) is 47.1 Å². The van der Waals surface area contributed by atoms with Gasteiger partial charge in [-0.2, -0.15) is 0 Å². The highest BCUT2D eigenvalue weighted by atomic mass is 19.1. The number of rotatable bonds is 8. The van der Waals surface area contributed by atoms with Gasteiger partial charge in [0.25, 0.3) is 5.91 Å². The second kappa shape index (κ2) is 9.86. The van der Waals surface area contributed by atoms with Crippen LogP contribution in [0.25, 0.3) is 0 Å². The number of furan rings is 1. The van der Waals surface area contributed by atoms with Gasteiger partial charge in [-0.25, -0.2) is 4.39 Å². The minimum absolute atomic E-state index is 0.0629. The molecular weight excluding hydrogens is 371 g/mol. The van der Waals surface area contributed by atoms with Crippen molar-refractivity contribution in [2.75, 3.05) is 32.0 Å². The molecular formula is C18H19FN4O5. The summed E-state index contributed by atoms with van der Waals surface area (Å²) in [5.74, 6) is -2.60. The predicted octanol–water partition coefficient (Wildman–Crippen LogP) is 0.362. The number of carbonyl (C=O) groups is 4. The fraction of sp³-hybridized carbons (Fsp3) is 0.222. The summed E-state index contributed by atoms with van der Waals surface area (Å²) in [6.45, 7) is -0.962. The Balaban J connectivity index is 1.69. The predicted molar refractivity (Wildman–Crippen MR) is 96.7 cm³/mol. The summed E-state index contributed by atoms with van der Waals surface area (Å²) in [6.07, 6.45) is 1.33. The van der Waals surface area contributed by atoms with Crippen LogP contribution in [0.1, 0.15) is 10.6 Å². The van der Waals surface area contributed by atoms with E-state index in [0.29, 0.717) is 0 Å². The molecule has 2 rings (SSSR count).